The molecule has 1 aliphatic rings. The van der Waals surface area contributed by atoms with Gasteiger partial charge < -0.3 is 9.88 Å². The maximum Gasteiger partial charge on any atom is 0.230 e. The van der Waals surface area contributed by atoms with E-state index in [1.807, 2.05) is 19.1 Å². The average Bonchev–Trinajstić information content (AvgIpc) is 2.83. The SMILES string of the molecule is Cc1ccccc1SCC(=O)NC(C)c1nnc2n1CCCCC2. The fourth-order valence-corrected chi connectivity index (χ4v) is 3.88. The number of carbonyl (C=O) groups is 1. The maximum atomic E-state index is 12.3. The number of rotatable bonds is 5. The molecule has 2 aromatic rings. The number of thioether (sulfide) groups is 1. The number of hydrogen-bond acceptors (Lipinski definition) is 4. The number of amides is 1. The molecular weight excluding hydrogens is 320 g/mol. The lowest BCUT2D eigenvalue weighted by atomic mass is 10.2. The van der Waals surface area contributed by atoms with Crippen molar-refractivity contribution in [3.05, 3.63) is 41.5 Å². The Hall–Kier alpha value is -1.82. The smallest absolute Gasteiger partial charge is 0.230 e. The predicted octanol–water partition coefficient (Wildman–Crippen LogP) is 3.28. The Labute approximate surface area is 147 Å². The minimum atomic E-state index is -0.116. The van der Waals surface area contributed by atoms with E-state index in [9.17, 15) is 4.79 Å². The van der Waals surface area contributed by atoms with Gasteiger partial charge in [0, 0.05) is 17.9 Å². The van der Waals surface area contributed by atoms with Gasteiger partial charge in [0.15, 0.2) is 5.82 Å². The Morgan fingerprint density at radius 1 is 1.29 bits per heavy atom. The van der Waals surface area contributed by atoms with E-state index in [1.165, 1.54) is 18.4 Å². The van der Waals surface area contributed by atoms with Gasteiger partial charge in [-0.25, -0.2) is 0 Å². The molecule has 0 spiro atoms. The molecule has 1 unspecified atom stereocenters. The minimum absolute atomic E-state index is 0.0294. The standard InChI is InChI=1S/C18H24N4OS/c1-13-8-5-6-9-15(13)24-12-17(23)19-14(2)18-21-20-16-10-4-3-7-11-22(16)18/h5-6,8-9,14H,3-4,7,10-12H2,1-2H3,(H,19,23). The topological polar surface area (TPSA) is 59.8 Å². The van der Waals surface area contributed by atoms with Gasteiger partial charge in [0.05, 0.1) is 11.8 Å². The van der Waals surface area contributed by atoms with Crippen LogP contribution in [0.4, 0.5) is 0 Å². The van der Waals surface area contributed by atoms with Gasteiger partial charge >= 0.3 is 0 Å². The first-order valence-electron chi connectivity index (χ1n) is 8.55. The van der Waals surface area contributed by atoms with Crippen molar-refractivity contribution in [2.24, 2.45) is 0 Å². The fraction of sp³-hybridized carbons (Fsp3) is 0.500. The molecule has 1 aromatic carbocycles. The van der Waals surface area contributed by atoms with E-state index in [4.69, 9.17) is 0 Å². The van der Waals surface area contributed by atoms with Gasteiger partial charge in [-0.2, -0.15) is 0 Å². The van der Waals surface area contributed by atoms with E-state index in [2.05, 4.69) is 39.1 Å². The van der Waals surface area contributed by atoms with Gasteiger partial charge in [-0.1, -0.05) is 24.6 Å². The predicted molar refractivity (Wildman–Crippen MR) is 96.0 cm³/mol. The van der Waals surface area contributed by atoms with Gasteiger partial charge in [-0.15, -0.1) is 22.0 Å². The highest BCUT2D eigenvalue weighted by Crippen LogP contribution is 2.22. The number of aryl methyl sites for hydroxylation is 2. The second-order valence-electron chi connectivity index (χ2n) is 6.28. The summed E-state index contributed by atoms with van der Waals surface area (Å²) in [5.41, 5.74) is 1.20. The van der Waals surface area contributed by atoms with E-state index in [1.54, 1.807) is 11.8 Å². The molecule has 0 bridgehead atoms. The normalized spacial score (nSPS) is 15.4. The van der Waals surface area contributed by atoms with Crippen LogP contribution in [-0.2, 0) is 17.8 Å². The lowest BCUT2D eigenvalue weighted by Gasteiger charge is -2.15. The molecule has 3 rings (SSSR count). The lowest BCUT2D eigenvalue weighted by molar-refractivity contribution is -0.119. The zero-order valence-electron chi connectivity index (χ0n) is 14.3. The largest absolute Gasteiger partial charge is 0.346 e. The molecule has 24 heavy (non-hydrogen) atoms. The molecule has 5 nitrogen and oxygen atoms in total. The summed E-state index contributed by atoms with van der Waals surface area (Å²) in [6.45, 7) is 5.00. The Morgan fingerprint density at radius 3 is 2.96 bits per heavy atom. The molecule has 2 heterocycles. The van der Waals surface area contributed by atoms with Gasteiger partial charge in [0.1, 0.15) is 5.82 Å². The van der Waals surface area contributed by atoms with Gasteiger partial charge in [-0.3, -0.25) is 4.79 Å². The molecule has 1 N–H and O–H groups in total. The van der Waals surface area contributed by atoms with Crippen LogP contribution in [0.2, 0.25) is 0 Å². The number of nitrogens with zero attached hydrogens (tertiary/aromatic N) is 3. The molecule has 1 aromatic heterocycles. The summed E-state index contributed by atoms with van der Waals surface area (Å²) in [7, 11) is 0. The van der Waals surface area contributed by atoms with Crippen LogP contribution in [0.3, 0.4) is 0 Å². The van der Waals surface area contributed by atoms with Crippen LogP contribution in [0.1, 0.15) is 49.4 Å². The summed E-state index contributed by atoms with van der Waals surface area (Å²) in [6, 6.07) is 8.01. The quantitative estimate of drug-likeness (QED) is 0.846. The van der Waals surface area contributed by atoms with Crippen molar-refractivity contribution in [3.8, 4) is 0 Å². The first-order valence-corrected chi connectivity index (χ1v) is 9.53. The monoisotopic (exact) mass is 344 g/mol. The summed E-state index contributed by atoms with van der Waals surface area (Å²) in [6.07, 6.45) is 4.54. The second kappa shape index (κ2) is 7.83. The highest BCUT2D eigenvalue weighted by atomic mass is 32.2. The Balaban J connectivity index is 1.58. The summed E-state index contributed by atoms with van der Waals surface area (Å²) in [4.78, 5) is 13.4. The molecule has 1 amide bonds. The highest BCUT2D eigenvalue weighted by Gasteiger charge is 2.20. The summed E-state index contributed by atoms with van der Waals surface area (Å²) in [5.74, 6) is 2.37. The van der Waals surface area contributed by atoms with Crippen LogP contribution >= 0.6 is 11.8 Å². The molecular formula is C18H24N4OS. The van der Waals surface area contributed by atoms with E-state index in [-0.39, 0.29) is 11.9 Å². The fourth-order valence-electron chi connectivity index (χ4n) is 3.04. The summed E-state index contributed by atoms with van der Waals surface area (Å²) >= 11 is 1.57. The maximum absolute atomic E-state index is 12.3. The second-order valence-corrected chi connectivity index (χ2v) is 7.30. The lowest BCUT2D eigenvalue weighted by Crippen LogP contribution is -2.30. The average molecular weight is 344 g/mol. The zero-order chi connectivity index (χ0) is 16.9. The zero-order valence-corrected chi connectivity index (χ0v) is 15.1. The molecule has 1 aliphatic heterocycles. The first-order chi connectivity index (χ1) is 11.6. The van der Waals surface area contributed by atoms with Crippen LogP contribution in [-0.4, -0.2) is 26.4 Å². The van der Waals surface area contributed by atoms with Crippen molar-refractivity contribution in [2.45, 2.75) is 57.0 Å². The molecule has 128 valence electrons. The van der Waals surface area contributed by atoms with Crippen molar-refractivity contribution in [3.63, 3.8) is 0 Å². The molecule has 1 atom stereocenters. The first kappa shape index (κ1) is 17.0. The van der Waals surface area contributed by atoms with E-state index in [0.717, 1.165) is 35.9 Å². The van der Waals surface area contributed by atoms with Crippen molar-refractivity contribution in [1.29, 1.82) is 0 Å². The third-order valence-corrected chi connectivity index (χ3v) is 5.53. The van der Waals surface area contributed by atoms with E-state index in [0.29, 0.717) is 5.75 Å². The molecule has 0 radical (unpaired) electrons. The Kier molecular flexibility index (Phi) is 5.56. The van der Waals surface area contributed by atoms with Gasteiger partial charge in [0.2, 0.25) is 5.91 Å². The molecule has 0 aliphatic carbocycles. The van der Waals surface area contributed by atoms with Crippen molar-refractivity contribution in [1.82, 2.24) is 20.1 Å². The number of nitrogens with one attached hydrogen (secondary N) is 1. The summed E-state index contributed by atoms with van der Waals surface area (Å²) < 4.78 is 2.19. The van der Waals surface area contributed by atoms with Crippen LogP contribution in [0, 0.1) is 6.92 Å². The number of carbonyl (C=O) groups excluding carboxylic acids is 1. The van der Waals surface area contributed by atoms with Gasteiger partial charge in [-0.05, 0) is 38.3 Å². The van der Waals surface area contributed by atoms with E-state index < -0.39 is 0 Å². The molecule has 0 saturated carbocycles. The molecule has 0 saturated heterocycles. The third-order valence-electron chi connectivity index (χ3n) is 4.36. The molecule has 6 heteroatoms. The minimum Gasteiger partial charge on any atom is -0.346 e. The summed E-state index contributed by atoms with van der Waals surface area (Å²) in [5, 5.41) is 11.7. The van der Waals surface area contributed by atoms with Crippen LogP contribution < -0.4 is 5.32 Å². The Morgan fingerprint density at radius 2 is 2.12 bits per heavy atom. The number of hydrogen-bond donors (Lipinski definition) is 1. The van der Waals surface area contributed by atoms with Crippen LogP contribution in [0.5, 0.6) is 0 Å². The van der Waals surface area contributed by atoms with Crippen molar-refractivity contribution < 1.29 is 4.79 Å². The van der Waals surface area contributed by atoms with Crippen molar-refractivity contribution >= 4 is 17.7 Å². The van der Waals surface area contributed by atoms with Crippen LogP contribution in [0.15, 0.2) is 29.2 Å². The van der Waals surface area contributed by atoms with Crippen LogP contribution in [0.25, 0.3) is 0 Å². The third kappa shape index (κ3) is 3.98. The number of aromatic nitrogens is 3. The highest BCUT2D eigenvalue weighted by molar-refractivity contribution is 8.00. The van der Waals surface area contributed by atoms with Crippen molar-refractivity contribution in [2.75, 3.05) is 5.75 Å². The van der Waals surface area contributed by atoms with E-state index >= 15 is 0 Å². The molecule has 0 fully saturated rings. The number of fused-ring (bicyclic) bond motifs is 1. The number of benzene rings is 1. The van der Waals surface area contributed by atoms with Gasteiger partial charge in [0.25, 0.3) is 0 Å². The Bertz CT molecular complexity index is 713.